The molecule has 0 aliphatic carbocycles. The molecule has 0 unspecified atom stereocenters. The van der Waals surface area contributed by atoms with Crippen molar-refractivity contribution in [2.75, 3.05) is 0 Å². The first kappa shape index (κ1) is 14.8. The van der Waals surface area contributed by atoms with Gasteiger partial charge in [-0.2, -0.15) is 0 Å². The van der Waals surface area contributed by atoms with Crippen molar-refractivity contribution in [2.45, 2.75) is 5.75 Å². The van der Waals surface area contributed by atoms with Gasteiger partial charge in [-0.25, -0.2) is 12.8 Å². The second-order valence-corrected chi connectivity index (χ2v) is 6.55. The largest absolute Gasteiger partial charge is 0.224 e. The van der Waals surface area contributed by atoms with Gasteiger partial charge in [-0.3, -0.25) is 0 Å². The van der Waals surface area contributed by atoms with Gasteiger partial charge in [0.05, 0.1) is 5.75 Å². The Morgan fingerprint density at radius 1 is 1.05 bits per heavy atom. The van der Waals surface area contributed by atoms with Gasteiger partial charge in [0.15, 0.2) is 9.84 Å². The van der Waals surface area contributed by atoms with E-state index in [2.05, 4.69) is 0 Å². The molecule has 0 spiro atoms. The maximum absolute atomic E-state index is 12.7. The van der Waals surface area contributed by atoms with Crippen LogP contribution in [-0.4, -0.2) is 8.42 Å². The van der Waals surface area contributed by atoms with Gasteiger partial charge in [-0.05, 0) is 35.4 Å². The average Bonchev–Trinajstić information content (AvgIpc) is 2.41. The summed E-state index contributed by atoms with van der Waals surface area (Å²) < 4.78 is 36.7. The number of halogens is 2. The molecule has 0 aliphatic heterocycles. The minimum atomic E-state index is -3.42. The zero-order chi connectivity index (χ0) is 14.6. The van der Waals surface area contributed by atoms with Crippen molar-refractivity contribution >= 4 is 27.5 Å². The van der Waals surface area contributed by atoms with E-state index in [0.29, 0.717) is 16.1 Å². The van der Waals surface area contributed by atoms with E-state index in [1.54, 1.807) is 24.3 Å². The van der Waals surface area contributed by atoms with Crippen LogP contribution in [0.4, 0.5) is 4.39 Å². The quantitative estimate of drug-likeness (QED) is 0.853. The summed E-state index contributed by atoms with van der Waals surface area (Å²) in [6.07, 6.45) is 1.44. The lowest BCUT2D eigenvalue weighted by molar-refractivity contribution is 0.604. The topological polar surface area (TPSA) is 34.1 Å². The summed E-state index contributed by atoms with van der Waals surface area (Å²) in [4.78, 5) is 0. The normalized spacial score (nSPS) is 11.9. The Balaban J connectivity index is 2.15. The molecule has 0 fully saturated rings. The number of hydrogen-bond donors (Lipinski definition) is 0. The van der Waals surface area contributed by atoms with Gasteiger partial charge in [0.25, 0.3) is 0 Å². The zero-order valence-corrected chi connectivity index (χ0v) is 12.0. The van der Waals surface area contributed by atoms with Crippen LogP contribution < -0.4 is 0 Å². The third-order valence-corrected chi connectivity index (χ3v) is 4.29. The van der Waals surface area contributed by atoms with Crippen LogP contribution in [0.2, 0.25) is 5.02 Å². The maximum Gasteiger partial charge on any atom is 0.175 e. The second-order valence-electron chi connectivity index (χ2n) is 4.25. The van der Waals surface area contributed by atoms with E-state index in [-0.39, 0.29) is 11.6 Å². The predicted octanol–water partition coefficient (Wildman–Crippen LogP) is 4.06. The Morgan fingerprint density at radius 3 is 2.35 bits per heavy atom. The zero-order valence-electron chi connectivity index (χ0n) is 10.5. The van der Waals surface area contributed by atoms with Crippen molar-refractivity contribution < 1.29 is 12.8 Å². The van der Waals surface area contributed by atoms with Crippen molar-refractivity contribution in [2.24, 2.45) is 0 Å². The highest BCUT2D eigenvalue weighted by atomic mass is 35.5. The molecule has 0 aliphatic rings. The highest BCUT2D eigenvalue weighted by Crippen LogP contribution is 2.18. The fourth-order valence-electron chi connectivity index (χ4n) is 1.64. The number of benzene rings is 2. The van der Waals surface area contributed by atoms with Gasteiger partial charge in [-0.1, -0.05) is 41.9 Å². The monoisotopic (exact) mass is 310 g/mol. The summed E-state index contributed by atoms with van der Waals surface area (Å²) in [6, 6.07) is 12.4. The molecule has 0 bridgehead atoms. The van der Waals surface area contributed by atoms with E-state index >= 15 is 0 Å². The molecule has 20 heavy (non-hydrogen) atoms. The van der Waals surface area contributed by atoms with E-state index in [1.165, 1.54) is 30.3 Å². The molecule has 0 aromatic heterocycles. The molecule has 0 saturated heterocycles. The summed E-state index contributed by atoms with van der Waals surface area (Å²) >= 11 is 5.93. The fourth-order valence-corrected chi connectivity index (χ4v) is 3.06. The van der Waals surface area contributed by atoms with Crippen LogP contribution in [0.25, 0.3) is 6.08 Å². The maximum atomic E-state index is 12.7. The van der Waals surface area contributed by atoms with Crippen LogP contribution in [0.15, 0.2) is 53.9 Å². The first-order valence-corrected chi connectivity index (χ1v) is 7.95. The van der Waals surface area contributed by atoms with Gasteiger partial charge in [-0.15, -0.1) is 0 Å². The number of hydrogen-bond acceptors (Lipinski definition) is 2. The molecule has 0 radical (unpaired) electrons. The molecule has 0 N–H and O–H groups in total. The van der Waals surface area contributed by atoms with Gasteiger partial charge in [0.1, 0.15) is 5.82 Å². The van der Waals surface area contributed by atoms with Crippen molar-refractivity contribution in [3.8, 4) is 0 Å². The molecule has 5 heteroatoms. The Kier molecular flexibility index (Phi) is 4.57. The molecule has 104 valence electrons. The fraction of sp³-hybridized carbons (Fsp3) is 0.0667. The third kappa shape index (κ3) is 4.18. The lowest BCUT2D eigenvalue weighted by Gasteiger charge is -2.02. The van der Waals surface area contributed by atoms with E-state index < -0.39 is 9.84 Å². The lowest BCUT2D eigenvalue weighted by Crippen LogP contribution is -2.00. The highest BCUT2D eigenvalue weighted by Gasteiger charge is 2.10. The van der Waals surface area contributed by atoms with Gasteiger partial charge >= 0.3 is 0 Å². The molecule has 2 aromatic rings. The summed E-state index contributed by atoms with van der Waals surface area (Å²) in [5, 5.41) is 1.54. The Morgan fingerprint density at radius 2 is 1.70 bits per heavy atom. The number of rotatable bonds is 4. The molecule has 0 heterocycles. The van der Waals surface area contributed by atoms with Crippen LogP contribution >= 0.6 is 11.6 Å². The minimum Gasteiger partial charge on any atom is -0.224 e. The van der Waals surface area contributed by atoms with Crippen molar-refractivity contribution in [3.05, 3.63) is 75.9 Å². The minimum absolute atomic E-state index is 0.162. The van der Waals surface area contributed by atoms with Crippen LogP contribution in [0, 0.1) is 5.82 Å². The number of sulfone groups is 1. The lowest BCUT2D eigenvalue weighted by atomic mass is 10.2. The van der Waals surface area contributed by atoms with E-state index in [9.17, 15) is 12.8 Å². The van der Waals surface area contributed by atoms with E-state index in [4.69, 9.17) is 11.6 Å². The molecule has 2 rings (SSSR count). The van der Waals surface area contributed by atoms with Gasteiger partial charge < -0.3 is 0 Å². The average molecular weight is 311 g/mol. The Bertz CT molecular complexity index is 722. The van der Waals surface area contributed by atoms with Crippen LogP contribution in [0.1, 0.15) is 11.1 Å². The standard InChI is InChI=1S/C15H12ClFO2S/c16-15-4-2-1-3-13(15)11-20(18,19)10-9-12-5-7-14(17)8-6-12/h1-10H,11H2/b10-9-. The summed E-state index contributed by atoms with van der Waals surface area (Å²) in [7, 11) is -3.42. The molecule has 2 nitrogen and oxygen atoms in total. The summed E-state index contributed by atoms with van der Waals surface area (Å²) in [5.41, 5.74) is 1.17. The second kappa shape index (κ2) is 6.20. The summed E-state index contributed by atoms with van der Waals surface area (Å²) in [6.45, 7) is 0. The highest BCUT2D eigenvalue weighted by molar-refractivity contribution is 7.93. The smallest absolute Gasteiger partial charge is 0.175 e. The first-order chi connectivity index (χ1) is 9.46. The van der Waals surface area contributed by atoms with Crippen molar-refractivity contribution in [1.29, 1.82) is 0 Å². The Hall–Kier alpha value is -1.65. The summed E-state index contributed by atoms with van der Waals surface area (Å²) in [5.74, 6) is -0.522. The molecule has 2 aromatic carbocycles. The van der Waals surface area contributed by atoms with Crippen LogP contribution in [0.3, 0.4) is 0 Å². The van der Waals surface area contributed by atoms with Gasteiger partial charge in [0.2, 0.25) is 0 Å². The van der Waals surface area contributed by atoms with E-state index in [0.717, 1.165) is 5.41 Å². The predicted molar refractivity (Wildman–Crippen MR) is 79.5 cm³/mol. The first-order valence-electron chi connectivity index (χ1n) is 5.86. The third-order valence-electron chi connectivity index (χ3n) is 2.65. The van der Waals surface area contributed by atoms with Gasteiger partial charge in [0, 0.05) is 10.4 Å². The van der Waals surface area contributed by atoms with Crippen LogP contribution in [-0.2, 0) is 15.6 Å². The SMILES string of the molecule is O=S(=O)(/C=C\c1ccc(F)cc1)Cc1ccccc1Cl. The molecule has 0 amide bonds. The molecular formula is C15H12ClFO2S. The molecule has 0 saturated carbocycles. The van der Waals surface area contributed by atoms with E-state index in [1.807, 2.05) is 0 Å². The van der Waals surface area contributed by atoms with Crippen LogP contribution in [0.5, 0.6) is 0 Å². The van der Waals surface area contributed by atoms with Crippen molar-refractivity contribution in [3.63, 3.8) is 0 Å². The molecular weight excluding hydrogens is 299 g/mol. The Labute approximate surface area is 122 Å². The van der Waals surface area contributed by atoms with Crippen molar-refractivity contribution in [1.82, 2.24) is 0 Å². The molecule has 0 atom stereocenters.